The number of nitrogens with zero attached hydrogens (tertiary/aromatic N) is 3. The van der Waals surface area contributed by atoms with Crippen molar-refractivity contribution in [2.45, 2.75) is 56.7 Å². The van der Waals surface area contributed by atoms with Gasteiger partial charge in [0.1, 0.15) is 11.9 Å². The number of esters is 1. The van der Waals surface area contributed by atoms with Crippen LogP contribution in [-0.4, -0.2) is 63.9 Å². The van der Waals surface area contributed by atoms with Gasteiger partial charge in [0.15, 0.2) is 10.8 Å². The van der Waals surface area contributed by atoms with Gasteiger partial charge in [0.25, 0.3) is 5.92 Å². The molecule has 2 bridgehead atoms. The monoisotopic (exact) mass is 572 g/mol. The highest BCUT2D eigenvalue weighted by molar-refractivity contribution is 7.11. The molecule has 3 aliphatic rings. The number of carboxylic acids is 1. The number of aromatic nitrogens is 1. The zero-order valence-corrected chi connectivity index (χ0v) is 22.4. The van der Waals surface area contributed by atoms with Gasteiger partial charge in [0.05, 0.1) is 23.8 Å². The van der Waals surface area contributed by atoms with Crippen molar-refractivity contribution >= 4 is 29.1 Å². The van der Waals surface area contributed by atoms with E-state index < -0.39 is 48.2 Å². The van der Waals surface area contributed by atoms with Gasteiger partial charge in [-0.1, -0.05) is 18.1 Å². The number of carbonyl (C=O) groups is 2. The molecule has 0 amide bonds. The van der Waals surface area contributed by atoms with E-state index in [0.717, 1.165) is 0 Å². The fourth-order valence-electron chi connectivity index (χ4n) is 5.99. The first kappa shape index (κ1) is 27.9. The van der Waals surface area contributed by atoms with E-state index in [1.165, 1.54) is 23.5 Å². The predicted molar refractivity (Wildman–Crippen MR) is 141 cm³/mol. The third-order valence-corrected chi connectivity index (χ3v) is 8.35. The Labute approximate surface area is 233 Å². The Hall–Kier alpha value is -3.69. The van der Waals surface area contributed by atoms with E-state index in [9.17, 15) is 19.1 Å². The molecule has 1 aromatic heterocycles. The quantitative estimate of drug-likeness (QED) is 0.362. The summed E-state index contributed by atoms with van der Waals surface area (Å²) in [6.07, 6.45) is 6.95. The molecule has 0 aliphatic carbocycles. The van der Waals surface area contributed by atoms with E-state index in [2.05, 4.69) is 16.2 Å². The van der Waals surface area contributed by atoms with Gasteiger partial charge in [-0.3, -0.25) is 14.7 Å². The second-order valence-corrected chi connectivity index (χ2v) is 10.9. The summed E-state index contributed by atoms with van der Waals surface area (Å²) < 4.78 is 50.4. The van der Waals surface area contributed by atoms with Gasteiger partial charge in [-0.05, 0) is 37.3 Å². The van der Waals surface area contributed by atoms with Crippen LogP contribution in [-0.2, 0) is 14.3 Å². The Morgan fingerprint density at radius 2 is 2.15 bits per heavy atom. The highest BCUT2D eigenvalue weighted by Crippen LogP contribution is 2.49. The maximum Gasteiger partial charge on any atom is 0.338 e. The van der Waals surface area contributed by atoms with Gasteiger partial charge in [-0.15, -0.1) is 17.8 Å². The van der Waals surface area contributed by atoms with Crippen LogP contribution < -0.4 is 5.32 Å². The molecular formula is C28H27F3N4O4S. The number of aliphatic imine (C=N–C) groups is 1. The van der Waals surface area contributed by atoms with Crippen LogP contribution in [0.25, 0.3) is 0 Å². The van der Waals surface area contributed by atoms with Gasteiger partial charge in [0, 0.05) is 42.7 Å². The maximum atomic E-state index is 15.2. The summed E-state index contributed by atoms with van der Waals surface area (Å²) in [6.45, 7) is 1.59. The van der Waals surface area contributed by atoms with Crippen molar-refractivity contribution in [2.24, 2.45) is 10.9 Å². The van der Waals surface area contributed by atoms with Crippen LogP contribution in [0.3, 0.4) is 0 Å². The number of ether oxygens (including phenoxy) is 1. The van der Waals surface area contributed by atoms with E-state index in [4.69, 9.17) is 16.2 Å². The van der Waals surface area contributed by atoms with Gasteiger partial charge in [-0.25, -0.2) is 22.9 Å². The Morgan fingerprint density at radius 1 is 1.35 bits per heavy atom. The van der Waals surface area contributed by atoms with Crippen molar-refractivity contribution < 1.29 is 32.6 Å². The number of benzene rings is 1. The second kappa shape index (κ2) is 11.1. The summed E-state index contributed by atoms with van der Waals surface area (Å²) in [7, 11) is 0. The minimum atomic E-state index is -3.03. The molecule has 4 atom stereocenters. The Kier molecular flexibility index (Phi) is 7.70. The number of amidine groups is 1. The number of fused-ring (bicyclic) bond motifs is 2. The van der Waals surface area contributed by atoms with E-state index in [-0.39, 0.29) is 60.1 Å². The zero-order chi connectivity index (χ0) is 28.6. The lowest BCUT2D eigenvalue weighted by atomic mass is 9.87. The van der Waals surface area contributed by atoms with Crippen LogP contribution >= 0.6 is 11.3 Å². The van der Waals surface area contributed by atoms with Crippen molar-refractivity contribution in [3.05, 3.63) is 63.0 Å². The van der Waals surface area contributed by atoms with Crippen LogP contribution in [0, 0.1) is 24.1 Å². The first-order valence-electron chi connectivity index (χ1n) is 12.9. The molecule has 210 valence electrons. The molecule has 1 aromatic carbocycles. The fraction of sp³-hybridized carbons (Fsp3) is 0.429. The molecule has 2 saturated heterocycles. The number of thiazole rings is 1. The number of terminal acetylenes is 1. The number of piperidine rings is 1. The molecule has 3 aliphatic heterocycles. The molecule has 12 heteroatoms. The Bertz CT molecular complexity index is 1420. The van der Waals surface area contributed by atoms with Crippen LogP contribution in [0.5, 0.6) is 0 Å². The van der Waals surface area contributed by atoms with Gasteiger partial charge in [-0.2, -0.15) is 0 Å². The number of nitrogens with one attached hydrogen (secondary N) is 1. The highest BCUT2D eigenvalue weighted by Gasteiger charge is 2.57. The van der Waals surface area contributed by atoms with Crippen molar-refractivity contribution in [1.82, 2.24) is 15.2 Å². The number of alkyl halides is 2. The number of hydrogen-bond donors (Lipinski definition) is 2. The average Bonchev–Trinajstić information content (AvgIpc) is 3.48. The van der Waals surface area contributed by atoms with Crippen molar-refractivity contribution in [1.29, 1.82) is 0 Å². The molecule has 0 unspecified atom stereocenters. The zero-order valence-electron chi connectivity index (χ0n) is 21.6. The SMILES string of the molecule is C#Cc1c(F)cccc1[C@H]1N=C(c2nccs2)NC(CN2[C@@H]3C[C@@H](CC(=O)O)C[C@H]2C(F)(F)C3)=C1C(=O)OCC. The highest BCUT2D eigenvalue weighted by atomic mass is 32.1. The summed E-state index contributed by atoms with van der Waals surface area (Å²) in [5.74, 6) is -3.18. The van der Waals surface area contributed by atoms with Gasteiger partial charge in [0.2, 0.25) is 0 Å². The number of rotatable bonds is 8. The molecule has 2 aromatic rings. The normalized spacial score (nSPS) is 25.6. The molecule has 0 saturated carbocycles. The smallest absolute Gasteiger partial charge is 0.338 e. The second-order valence-electron chi connectivity index (χ2n) is 10.0. The summed E-state index contributed by atoms with van der Waals surface area (Å²) in [4.78, 5) is 35.4. The third kappa shape index (κ3) is 5.23. The fourth-order valence-corrected chi connectivity index (χ4v) is 6.58. The summed E-state index contributed by atoms with van der Waals surface area (Å²) in [5.41, 5.74) is 0.505. The van der Waals surface area contributed by atoms with Crippen molar-refractivity contribution in [2.75, 3.05) is 13.2 Å². The van der Waals surface area contributed by atoms with E-state index in [0.29, 0.717) is 11.4 Å². The lowest BCUT2D eigenvalue weighted by molar-refractivity contribution is -0.140. The molecule has 4 heterocycles. The number of aliphatic carboxylic acids is 1. The van der Waals surface area contributed by atoms with Crippen LogP contribution in [0.1, 0.15) is 54.8 Å². The average molecular weight is 573 g/mol. The molecule has 0 radical (unpaired) electrons. The van der Waals surface area contributed by atoms with Crippen LogP contribution in [0.4, 0.5) is 13.2 Å². The first-order valence-corrected chi connectivity index (χ1v) is 13.8. The van der Waals surface area contributed by atoms with Crippen molar-refractivity contribution in [3.63, 3.8) is 0 Å². The molecular weight excluding hydrogens is 545 g/mol. The summed E-state index contributed by atoms with van der Waals surface area (Å²) in [5, 5.41) is 14.6. The minimum absolute atomic E-state index is 0.0137. The molecule has 40 heavy (non-hydrogen) atoms. The Balaban J connectivity index is 1.61. The van der Waals surface area contributed by atoms with Crippen molar-refractivity contribution in [3.8, 4) is 12.3 Å². The van der Waals surface area contributed by atoms with Gasteiger partial charge < -0.3 is 15.2 Å². The van der Waals surface area contributed by atoms with Gasteiger partial charge >= 0.3 is 11.9 Å². The summed E-state index contributed by atoms with van der Waals surface area (Å²) >= 11 is 1.28. The predicted octanol–water partition coefficient (Wildman–Crippen LogP) is 4.13. The molecule has 8 nitrogen and oxygen atoms in total. The first-order chi connectivity index (χ1) is 19.1. The molecule has 0 spiro atoms. The lowest BCUT2D eigenvalue weighted by Gasteiger charge is -2.40. The standard InChI is InChI=1S/C28H27F3N4O4S/c1-3-17-18(6-5-7-19(17)29)24-23(27(38)39-4-2)20(33-25(34-24)26-32-8-9-40-26)14-35-16-10-15(12-22(36)37)11-21(35)28(30,31)13-16/h1,5-9,15-16,21,24H,4,10-14H2,2H3,(H,33,34)(H,36,37)/t15-,16-,21+,24-/m1/s1. The van der Waals surface area contributed by atoms with Crippen LogP contribution in [0.2, 0.25) is 0 Å². The third-order valence-electron chi connectivity index (χ3n) is 7.57. The van der Waals surface area contributed by atoms with E-state index in [1.54, 1.807) is 29.5 Å². The largest absolute Gasteiger partial charge is 0.481 e. The lowest BCUT2D eigenvalue weighted by Crippen LogP contribution is -2.50. The molecule has 2 N–H and O–H groups in total. The van der Waals surface area contributed by atoms with E-state index >= 15 is 8.78 Å². The van der Waals surface area contributed by atoms with E-state index in [1.807, 2.05) is 0 Å². The molecule has 2 fully saturated rings. The summed E-state index contributed by atoms with van der Waals surface area (Å²) in [6, 6.07) is 1.36. The number of carbonyl (C=O) groups excluding carboxylic acids is 1. The van der Waals surface area contributed by atoms with Crippen LogP contribution in [0.15, 0.2) is 46.0 Å². The number of carboxylic acid groups (broad SMARTS) is 1. The maximum absolute atomic E-state index is 15.2. The minimum Gasteiger partial charge on any atom is -0.481 e. The Morgan fingerprint density at radius 3 is 2.80 bits per heavy atom. The topological polar surface area (TPSA) is 104 Å². The molecule has 5 rings (SSSR count). The number of halogens is 3. The number of hydrogen-bond acceptors (Lipinski definition) is 8.